The third-order valence-electron chi connectivity index (χ3n) is 10.7. The van der Waals surface area contributed by atoms with Gasteiger partial charge in [0.25, 0.3) is 0 Å². The predicted octanol–water partition coefficient (Wildman–Crippen LogP) is 6.59. The maximum atomic E-state index is 12.2. The van der Waals surface area contributed by atoms with Gasteiger partial charge in [-0.3, -0.25) is 4.79 Å². The second kappa shape index (κ2) is 7.61. The van der Waals surface area contributed by atoms with Gasteiger partial charge in [-0.05, 0) is 91.4 Å². The van der Waals surface area contributed by atoms with E-state index >= 15 is 0 Å². The molecule has 0 saturated heterocycles. The van der Waals surface area contributed by atoms with Crippen LogP contribution < -0.4 is 0 Å². The number of ketones is 1. The average molecular weight is 413 g/mol. The molecule has 0 radical (unpaired) electrons. The number of hydrogen-bond donors (Lipinski definition) is 1. The lowest BCUT2D eigenvalue weighted by Crippen LogP contribution is -2.64. The highest BCUT2D eigenvalue weighted by atomic mass is 16.3. The van der Waals surface area contributed by atoms with Crippen molar-refractivity contribution >= 4 is 5.78 Å². The van der Waals surface area contributed by atoms with Crippen molar-refractivity contribution in [2.45, 2.75) is 92.1 Å². The maximum Gasteiger partial charge on any atom is 0.155 e. The number of carbonyl (C=O) groups excluding carboxylic acids is 1. The highest BCUT2D eigenvalue weighted by Crippen LogP contribution is 2.68. The molecule has 0 aromatic rings. The van der Waals surface area contributed by atoms with E-state index in [4.69, 9.17) is 0 Å². The van der Waals surface area contributed by atoms with Crippen LogP contribution in [-0.4, -0.2) is 16.5 Å². The zero-order valence-electron chi connectivity index (χ0n) is 20.2. The van der Waals surface area contributed by atoms with E-state index in [1.165, 1.54) is 12.8 Å². The lowest BCUT2D eigenvalue weighted by Gasteiger charge is -2.63. The smallest absolute Gasteiger partial charge is 0.155 e. The first kappa shape index (κ1) is 22.3. The Bertz CT molecular complexity index is 735. The summed E-state index contributed by atoms with van der Waals surface area (Å²) in [4.78, 5) is 12.1. The van der Waals surface area contributed by atoms with Crippen LogP contribution in [-0.2, 0) is 4.79 Å². The van der Waals surface area contributed by atoms with Crippen molar-refractivity contribution in [1.82, 2.24) is 0 Å². The standard InChI is InChI=1S/C28H44O2/c1-18(2)19(3)7-8-20(4)23-11-12-24-25-10-9-21-17-22(29)13-14-27(21,6)28(25,30)16-15-26(23,24)5/h7-8,13-14,18-21,23-25,30H,9-12,15-17H2,1-6H3. The molecule has 0 bridgehead atoms. The van der Waals surface area contributed by atoms with Crippen molar-refractivity contribution in [3.8, 4) is 0 Å². The Kier molecular flexibility index (Phi) is 5.66. The van der Waals surface area contributed by atoms with Gasteiger partial charge in [-0.15, -0.1) is 0 Å². The molecule has 0 aromatic carbocycles. The average Bonchev–Trinajstić information content (AvgIpc) is 3.04. The zero-order chi connectivity index (χ0) is 21.9. The van der Waals surface area contributed by atoms with Crippen molar-refractivity contribution in [2.24, 2.45) is 52.3 Å². The molecule has 0 aliphatic heterocycles. The Hall–Kier alpha value is -0.890. The molecular formula is C28H44O2. The topological polar surface area (TPSA) is 37.3 Å². The molecule has 4 aliphatic carbocycles. The number of fused-ring (bicyclic) bond motifs is 5. The van der Waals surface area contributed by atoms with E-state index in [1.54, 1.807) is 6.08 Å². The predicted molar refractivity (Wildman–Crippen MR) is 124 cm³/mol. The second-order valence-corrected chi connectivity index (χ2v) is 12.2. The molecule has 4 aliphatic rings. The normalized spacial score (nSPS) is 47.8. The Morgan fingerprint density at radius 3 is 2.40 bits per heavy atom. The molecule has 0 aromatic heterocycles. The van der Waals surface area contributed by atoms with E-state index < -0.39 is 5.60 Å². The summed E-state index contributed by atoms with van der Waals surface area (Å²) in [7, 11) is 0. The Morgan fingerprint density at radius 1 is 1.00 bits per heavy atom. The molecule has 3 fully saturated rings. The molecule has 0 spiro atoms. The molecule has 2 nitrogen and oxygen atoms in total. The second-order valence-electron chi connectivity index (χ2n) is 12.2. The van der Waals surface area contributed by atoms with Gasteiger partial charge in [-0.25, -0.2) is 0 Å². The Labute approximate surface area is 184 Å². The first-order chi connectivity index (χ1) is 14.0. The molecule has 9 atom stereocenters. The molecule has 2 heteroatoms. The third-order valence-corrected chi connectivity index (χ3v) is 10.7. The van der Waals surface area contributed by atoms with Gasteiger partial charge in [0.1, 0.15) is 0 Å². The minimum atomic E-state index is -0.641. The molecule has 0 amide bonds. The summed E-state index contributed by atoms with van der Waals surface area (Å²) in [5.74, 6) is 4.20. The Morgan fingerprint density at radius 2 is 1.70 bits per heavy atom. The van der Waals surface area contributed by atoms with Gasteiger partial charge >= 0.3 is 0 Å². The van der Waals surface area contributed by atoms with Crippen molar-refractivity contribution < 1.29 is 9.90 Å². The SMILES string of the molecule is CC(C)C(C)C=CC(C)C1CCC2C3CCC4CC(=O)C=CC4(C)C3(O)CCC12C. The minimum Gasteiger partial charge on any atom is -0.389 e. The summed E-state index contributed by atoms with van der Waals surface area (Å²) >= 11 is 0. The van der Waals surface area contributed by atoms with E-state index in [-0.39, 0.29) is 11.2 Å². The van der Waals surface area contributed by atoms with Gasteiger partial charge in [0.15, 0.2) is 5.78 Å². The number of rotatable bonds is 4. The molecule has 3 saturated carbocycles. The van der Waals surface area contributed by atoms with Crippen LogP contribution >= 0.6 is 0 Å². The van der Waals surface area contributed by atoms with Gasteiger partial charge in [-0.2, -0.15) is 0 Å². The Balaban J connectivity index is 1.58. The number of carbonyl (C=O) groups is 1. The largest absolute Gasteiger partial charge is 0.389 e. The highest BCUT2D eigenvalue weighted by molar-refractivity contribution is 5.91. The highest BCUT2D eigenvalue weighted by Gasteiger charge is 2.66. The van der Waals surface area contributed by atoms with Crippen molar-refractivity contribution in [1.29, 1.82) is 0 Å². The summed E-state index contributed by atoms with van der Waals surface area (Å²) in [5.41, 5.74) is -0.544. The van der Waals surface area contributed by atoms with Crippen LogP contribution in [0.2, 0.25) is 0 Å². The molecule has 0 heterocycles. The lowest BCUT2D eigenvalue weighted by molar-refractivity contribution is -0.211. The summed E-state index contributed by atoms with van der Waals surface area (Å²) < 4.78 is 0. The first-order valence-electron chi connectivity index (χ1n) is 12.7. The van der Waals surface area contributed by atoms with Gasteiger partial charge in [0, 0.05) is 11.8 Å². The summed E-state index contributed by atoms with van der Waals surface area (Å²) in [5, 5.41) is 12.2. The van der Waals surface area contributed by atoms with E-state index in [9.17, 15) is 9.90 Å². The molecule has 9 unspecified atom stereocenters. The van der Waals surface area contributed by atoms with Crippen LogP contribution in [0, 0.1) is 52.3 Å². The van der Waals surface area contributed by atoms with E-state index in [0.717, 1.165) is 31.6 Å². The maximum absolute atomic E-state index is 12.2. The van der Waals surface area contributed by atoms with Crippen LogP contribution in [0.25, 0.3) is 0 Å². The number of allylic oxidation sites excluding steroid dienone is 3. The molecule has 30 heavy (non-hydrogen) atoms. The van der Waals surface area contributed by atoms with Crippen molar-refractivity contribution in [3.63, 3.8) is 0 Å². The molecule has 168 valence electrons. The molecule has 1 N–H and O–H groups in total. The van der Waals surface area contributed by atoms with Crippen molar-refractivity contribution in [2.75, 3.05) is 0 Å². The fraction of sp³-hybridized carbons (Fsp3) is 0.821. The van der Waals surface area contributed by atoms with Gasteiger partial charge in [0.05, 0.1) is 5.60 Å². The van der Waals surface area contributed by atoms with E-state index in [2.05, 4.69) is 59.8 Å². The van der Waals surface area contributed by atoms with E-state index in [0.29, 0.717) is 47.3 Å². The minimum absolute atomic E-state index is 0.235. The van der Waals surface area contributed by atoms with Crippen LogP contribution in [0.1, 0.15) is 86.5 Å². The fourth-order valence-corrected chi connectivity index (χ4v) is 8.19. The first-order valence-corrected chi connectivity index (χ1v) is 12.7. The van der Waals surface area contributed by atoms with Gasteiger partial charge in [-0.1, -0.05) is 59.8 Å². The summed E-state index contributed by atoms with van der Waals surface area (Å²) in [6.45, 7) is 14.2. The van der Waals surface area contributed by atoms with Gasteiger partial charge < -0.3 is 5.11 Å². The zero-order valence-corrected chi connectivity index (χ0v) is 20.2. The quantitative estimate of drug-likeness (QED) is 0.529. The van der Waals surface area contributed by atoms with Crippen LogP contribution in [0.4, 0.5) is 0 Å². The molecule has 4 rings (SSSR count). The van der Waals surface area contributed by atoms with Gasteiger partial charge in [0.2, 0.25) is 0 Å². The van der Waals surface area contributed by atoms with E-state index in [1.807, 2.05) is 0 Å². The van der Waals surface area contributed by atoms with Crippen LogP contribution in [0.15, 0.2) is 24.3 Å². The monoisotopic (exact) mass is 412 g/mol. The lowest BCUT2D eigenvalue weighted by atomic mass is 9.43. The number of hydrogen-bond acceptors (Lipinski definition) is 2. The number of aliphatic hydroxyl groups is 1. The molecular weight excluding hydrogens is 368 g/mol. The summed E-state index contributed by atoms with van der Waals surface area (Å²) in [6, 6.07) is 0. The summed E-state index contributed by atoms with van der Waals surface area (Å²) in [6.07, 6.45) is 16.2. The fourth-order valence-electron chi connectivity index (χ4n) is 8.19. The van der Waals surface area contributed by atoms with Crippen LogP contribution in [0.3, 0.4) is 0 Å². The third kappa shape index (κ3) is 3.19. The van der Waals surface area contributed by atoms with Crippen LogP contribution in [0.5, 0.6) is 0 Å². The van der Waals surface area contributed by atoms with Crippen molar-refractivity contribution in [3.05, 3.63) is 24.3 Å².